The van der Waals surface area contributed by atoms with Crippen molar-refractivity contribution in [2.24, 2.45) is 0 Å². The van der Waals surface area contributed by atoms with E-state index in [0.717, 1.165) is 32.1 Å². The fraction of sp³-hybridized carbons (Fsp3) is 0.953. The number of allylic oxidation sites excluding steroid dienone is 2. The number of aliphatic hydroxyl groups is 3. The predicted molar refractivity (Wildman–Crippen MR) is 305 cm³/mol. The fourth-order valence-electron chi connectivity index (χ4n) is 10.4. The Bertz CT molecular complexity index is 987. The topological polar surface area (TPSA) is 89.8 Å². The molecule has 3 unspecified atom stereocenters. The first kappa shape index (κ1) is 68.1. The second-order valence-corrected chi connectivity index (χ2v) is 22.3. The Balaban J connectivity index is 3.44. The number of amides is 1. The van der Waals surface area contributed by atoms with Crippen LogP contribution in [0.25, 0.3) is 0 Å². The van der Waals surface area contributed by atoms with Gasteiger partial charge in [-0.15, -0.1) is 0 Å². The highest BCUT2D eigenvalue weighted by Crippen LogP contribution is 2.19. The molecule has 69 heavy (non-hydrogen) atoms. The second-order valence-electron chi connectivity index (χ2n) is 22.3. The summed E-state index contributed by atoms with van der Waals surface area (Å²) in [7, 11) is 0. The molecule has 1 amide bonds. The van der Waals surface area contributed by atoms with E-state index in [4.69, 9.17) is 0 Å². The molecule has 0 radical (unpaired) electrons. The molecule has 0 heterocycles. The lowest BCUT2D eigenvalue weighted by molar-refractivity contribution is -0.131. The van der Waals surface area contributed by atoms with E-state index in [1.807, 2.05) is 0 Å². The number of carbonyl (C=O) groups is 1. The molecule has 0 saturated heterocycles. The normalized spacial score (nSPS) is 13.2. The summed E-state index contributed by atoms with van der Waals surface area (Å²) in [5, 5.41) is 33.6. The molecule has 0 spiro atoms. The van der Waals surface area contributed by atoms with E-state index in [2.05, 4.69) is 31.3 Å². The van der Waals surface area contributed by atoms with E-state index in [-0.39, 0.29) is 6.61 Å². The van der Waals surface area contributed by atoms with Gasteiger partial charge in [0, 0.05) is 0 Å². The quantitative estimate of drug-likeness (QED) is 0.0361. The van der Waals surface area contributed by atoms with Gasteiger partial charge < -0.3 is 20.6 Å². The fourth-order valence-corrected chi connectivity index (χ4v) is 10.4. The van der Waals surface area contributed by atoms with Crippen LogP contribution < -0.4 is 5.32 Å². The Hall–Kier alpha value is -0.910. The zero-order chi connectivity index (χ0) is 50.0. The van der Waals surface area contributed by atoms with Crippen LogP contribution in [0.2, 0.25) is 0 Å². The van der Waals surface area contributed by atoms with Crippen molar-refractivity contribution >= 4 is 5.91 Å². The van der Waals surface area contributed by atoms with Crippen molar-refractivity contribution in [2.75, 3.05) is 6.61 Å². The largest absolute Gasteiger partial charge is 0.394 e. The lowest BCUT2D eigenvalue weighted by Crippen LogP contribution is -2.49. The highest BCUT2D eigenvalue weighted by Gasteiger charge is 2.23. The van der Waals surface area contributed by atoms with Crippen molar-refractivity contribution in [3.63, 3.8) is 0 Å². The molecule has 0 aromatic rings. The van der Waals surface area contributed by atoms with Crippen LogP contribution in [0.4, 0.5) is 0 Å². The van der Waals surface area contributed by atoms with Crippen molar-refractivity contribution in [3.05, 3.63) is 12.2 Å². The first-order valence-electron chi connectivity index (χ1n) is 32.0. The van der Waals surface area contributed by atoms with Crippen LogP contribution in [-0.4, -0.2) is 46.1 Å². The van der Waals surface area contributed by atoms with Crippen LogP contribution in [0, 0.1) is 0 Å². The zero-order valence-corrected chi connectivity index (χ0v) is 47.2. The van der Waals surface area contributed by atoms with Gasteiger partial charge in [0.1, 0.15) is 6.10 Å². The molecule has 0 saturated carbocycles. The maximum absolute atomic E-state index is 12.6. The van der Waals surface area contributed by atoms with Gasteiger partial charge in [-0.2, -0.15) is 0 Å². The van der Waals surface area contributed by atoms with E-state index in [1.165, 1.54) is 308 Å². The van der Waals surface area contributed by atoms with Gasteiger partial charge in [-0.25, -0.2) is 0 Å². The standard InChI is InChI=1S/C64H127NO4/c1-3-5-7-9-11-13-15-17-19-21-23-24-25-26-27-28-29-30-31-32-33-34-35-36-37-38-39-41-43-45-47-49-51-53-55-57-59-63(68)64(69)65-61(60-66)62(67)58-56-54-52-50-48-46-44-42-40-22-20-18-16-14-12-10-8-6-4-2/h30-31,61-63,66-68H,3-29,32-60H2,1-2H3,(H,65,69)/b31-30-. The van der Waals surface area contributed by atoms with Gasteiger partial charge >= 0.3 is 0 Å². The summed E-state index contributed by atoms with van der Waals surface area (Å²) in [6.07, 6.45) is 75.8. The number of unbranched alkanes of at least 4 members (excludes halogenated alkanes) is 50. The van der Waals surface area contributed by atoms with Gasteiger partial charge in [-0.05, 0) is 38.5 Å². The van der Waals surface area contributed by atoms with Crippen LogP contribution in [0.1, 0.15) is 367 Å². The Morgan fingerprint density at radius 1 is 0.333 bits per heavy atom. The minimum Gasteiger partial charge on any atom is -0.394 e. The summed E-state index contributed by atoms with van der Waals surface area (Å²) in [6.45, 7) is 4.28. The lowest BCUT2D eigenvalue weighted by Gasteiger charge is -2.23. The summed E-state index contributed by atoms with van der Waals surface area (Å²) >= 11 is 0. The monoisotopic (exact) mass is 974 g/mol. The van der Waals surface area contributed by atoms with Crippen molar-refractivity contribution in [1.29, 1.82) is 0 Å². The number of hydrogen-bond acceptors (Lipinski definition) is 4. The molecule has 0 rings (SSSR count). The third kappa shape index (κ3) is 54.7. The number of rotatable bonds is 60. The van der Waals surface area contributed by atoms with Crippen LogP contribution in [0.3, 0.4) is 0 Å². The first-order valence-corrected chi connectivity index (χ1v) is 32.0. The SMILES string of the molecule is CCCCCCCCCCCCCCCCCC/C=C\CCCCCCCCCCCCCCCCCCC(O)C(=O)NC(CO)C(O)CCCCCCCCCCCCCCCCCCCCC. The highest BCUT2D eigenvalue weighted by atomic mass is 16.3. The van der Waals surface area contributed by atoms with Crippen molar-refractivity contribution < 1.29 is 20.1 Å². The zero-order valence-electron chi connectivity index (χ0n) is 47.2. The molecule has 0 aromatic carbocycles. The number of nitrogens with one attached hydrogen (secondary N) is 1. The maximum atomic E-state index is 12.6. The van der Waals surface area contributed by atoms with Crippen molar-refractivity contribution in [1.82, 2.24) is 5.32 Å². The highest BCUT2D eigenvalue weighted by molar-refractivity contribution is 5.80. The van der Waals surface area contributed by atoms with Gasteiger partial charge in [-0.3, -0.25) is 4.79 Å². The molecule has 0 bridgehead atoms. The first-order chi connectivity index (χ1) is 34.1. The molecular formula is C64H127NO4. The molecule has 0 aliphatic heterocycles. The predicted octanol–water partition coefficient (Wildman–Crippen LogP) is 20.2. The molecule has 3 atom stereocenters. The van der Waals surface area contributed by atoms with Gasteiger partial charge in [-0.1, -0.05) is 341 Å². The number of aliphatic hydroxyl groups excluding tert-OH is 3. The van der Waals surface area contributed by atoms with Gasteiger partial charge in [0.25, 0.3) is 0 Å². The third-order valence-corrected chi connectivity index (χ3v) is 15.4. The average molecular weight is 975 g/mol. The average Bonchev–Trinajstić information content (AvgIpc) is 3.35. The number of hydrogen-bond donors (Lipinski definition) is 4. The van der Waals surface area contributed by atoms with Gasteiger partial charge in [0.15, 0.2) is 0 Å². The summed E-state index contributed by atoms with van der Waals surface area (Å²) < 4.78 is 0. The van der Waals surface area contributed by atoms with Crippen LogP contribution >= 0.6 is 0 Å². The van der Waals surface area contributed by atoms with Gasteiger partial charge in [0.2, 0.25) is 5.91 Å². The Kier molecular flexibility index (Phi) is 58.9. The third-order valence-electron chi connectivity index (χ3n) is 15.4. The summed E-state index contributed by atoms with van der Waals surface area (Å²) in [6, 6.07) is -0.710. The van der Waals surface area contributed by atoms with E-state index in [0.29, 0.717) is 12.8 Å². The molecule has 5 heteroatoms. The number of carbonyl (C=O) groups excluding carboxylic acids is 1. The Labute approximate surface area is 433 Å². The maximum Gasteiger partial charge on any atom is 0.249 e. The van der Waals surface area contributed by atoms with E-state index < -0.39 is 24.2 Å². The summed E-state index contributed by atoms with van der Waals surface area (Å²) in [5.41, 5.74) is 0. The minimum absolute atomic E-state index is 0.309. The Morgan fingerprint density at radius 3 is 0.797 bits per heavy atom. The second kappa shape index (κ2) is 59.7. The van der Waals surface area contributed by atoms with Crippen molar-refractivity contribution in [3.8, 4) is 0 Å². The molecule has 0 aromatic heterocycles. The van der Waals surface area contributed by atoms with E-state index >= 15 is 0 Å². The molecule has 4 N–H and O–H groups in total. The molecule has 0 aliphatic rings. The van der Waals surface area contributed by atoms with Gasteiger partial charge in [0.05, 0.1) is 18.8 Å². The summed E-state index contributed by atoms with van der Waals surface area (Å²) in [5.74, 6) is -0.463. The smallest absolute Gasteiger partial charge is 0.249 e. The van der Waals surface area contributed by atoms with E-state index in [9.17, 15) is 20.1 Å². The molecule has 5 nitrogen and oxygen atoms in total. The van der Waals surface area contributed by atoms with E-state index in [1.54, 1.807) is 0 Å². The van der Waals surface area contributed by atoms with Crippen LogP contribution in [-0.2, 0) is 4.79 Å². The molecule has 412 valence electrons. The molecule has 0 fully saturated rings. The molecule has 0 aliphatic carbocycles. The van der Waals surface area contributed by atoms with Crippen molar-refractivity contribution in [2.45, 2.75) is 385 Å². The lowest BCUT2D eigenvalue weighted by atomic mass is 10.0. The van der Waals surface area contributed by atoms with Crippen LogP contribution in [0.15, 0.2) is 12.2 Å². The summed E-state index contributed by atoms with van der Waals surface area (Å²) in [4.78, 5) is 12.6. The molecular weight excluding hydrogens is 847 g/mol. The van der Waals surface area contributed by atoms with Crippen LogP contribution in [0.5, 0.6) is 0 Å². The Morgan fingerprint density at radius 2 is 0.551 bits per heavy atom. The minimum atomic E-state index is -1.07.